The topological polar surface area (TPSA) is 74.5 Å². The van der Waals surface area contributed by atoms with Crippen LogP contribution in [0.2, 0.25) is 0 Å². The average Bonchev–Trinajstić information content (AvgIpc) is 3.13. The molecule has 0 aromatic carbocycles. The van der Waals surface area contributed by atoms with Gasteiger partial charge in [-0.15, -0.1) is 24.0 Å². The van der Waals surface area contributed by atoms with E-state index in [0.29, 0.717) is 19.0 Å². The molecule has 3 N–H and O–H groups in total. The number of hydrogen-bond donors (Lipinski definition) is 3. The summed E-state index contributed by atoms with van der Waals surface area (Å²) in [5, 5.41) is 25.0. The van der Waals surface area contributed by atoms with Crippen LogP contribution in [-0.2, 0) is 19.2 Å². The molecule has 2 rings (SSSR count). The zero-order valence-corrected chi connectivity index (χ0v) is 16.8. The van der Waals surface area contributed by atoms with E-state index in [1.54, 1.807) is 29.1 Å². The zero-order chi connectivity index (χ0) is 16.0. The van der Waals surface area contributed by atoms with Crippen molar-refractivity contribution < 1.29 is 5.11 Å². The highest BCUT2D eigenvalue weighted by Crippen LogP contribution is 2.21. The number of aliphatic hydroxyl groups is 1. The van der Waals surface area contributed by atoms with E-state index in [2.05, 4.69) is 20.7 Å². The summed E-state index contributed by atoms with van der Waals surface area (Å²) in [7, 11) is 1.88. The van der Waals surface area contributed by atoms with Crippen molar-refractivity contribution in [1.82, 2.24) is 20.4 Å². The van der Waals surface area contributed by atoms with Crippen LogP contribution in [0.3, 0.4) is 0 Å². The fourth-order valence-corrected chi connectivity index (χ4v) is 2.78. The van der Waals surface area contributed by atoms with E-state index in [9.17, 15) is 5.11 Å². The Balaban J connectivity index is 0.00000264. The zero-order valence-electron chi connectivity index (χ0n) is 13.6. The number of aliphatic imine (C=N–C) groups is 1. The first kappa shape index (κ1) is 19.9. The minimum absolute atomic E-state index is 0. The SMILES string of the molecule is CCNC(=NCc1cnn(C)c1)NCC(C)(O)c1ccsc1.I. The molecule has 2 aromatic rings. The van der Waals surface area contributed by atoms with Crippen molar-refractivity contribution in [3.63, 3.8) is 0 Å². The van der Waals surface area contributed by atoms with Gasteiger partial charge in [-0.25, -0.2) is 4.99 Å². The number of thiophene rings is 1. The van der Waals surface area contributed by atoms with E-state index < -0.39 is 5.60 Å². The molecule has 23 heavy (non-hydrogen) atoms. The summed E-state index contributed by atoms with van der Waals surface area (Å²) in [4.78, 5) is 4.51. The van der Waals surface area contributed by atoms with Crippen LogP contribution < -0.4 is 10.6 Å². The highest BCUT2D eigenvalue weighted by atomic mass is 127. The van der Waals surface area contributed by atoms with Gasteiger partial charge in [0.1, 0.15) is 5.60 Å². The summed E-state index contributed by atoms with van der Waals surface area (Å²) in [5.74, 6) is 0.682. The molecule has 0 radical (unpaired) electrons. The van der Waals surface area contributed by atoms with E-state index in [4.69, 9.17) is 0 Å². The van der Waals surface area contributed by atoms with Gasteiger partial charge in [-0.3, -0.25) is 4.68 Å². The Morgan fingerprint density at radius 2 is 2.26 bits per heavy atom. The lowest BCUT2D eigenvalue weighted by molar-refractivity contribution is 0.0621. The van der Waals surface area contributed by atoms with E-state index in [0.717, 1.165) is 17.7 Å². The Morgan fingerprint density at radius 3 is 2.83 bits per heavy atom. The Labute approximate surface area is 158 Å². The Hall–Kier alpha value is -1.13. The second-order valence-corrected chi connectivity index (χ2v) is 6.14. The van der Waals surface area contributed by atoms with Crippen molar-refractivity contribution in [2.24, 2.45) is 12.0 Å². The minimum Gasteiger partial charge on any atom is -0.384 e. The fourth-order valence-electron chi connectivity index (χ4n) is 1.99. The number of halogens is 1. The van der Waals surface area contributed by atoms with Crippen molar-refractivity contribution in [1.29, 1.82) is 0 Å². The molecule has 0 spiro atoms. The number of rotatable bonds is 6. The molecule has 128 valence electrons. The molecule has 1 unspecified atom stereocenters. The van der Waals surface area contributed by atoms with Gasteiger partial charge in [0.05, 0.1) is 19.3 Å². The van der Waals surface area contributed by atoms with Crippen LogP contribution in [0.5, 0.6) is 0 Å². The molecule has 0 aliphatic rings. The molecule has 1 atom stereocenters. The van der Waals surface area contributed by atoms with Crippen LogP contribution in [0.15, 0.2) is 34.2 Å². The third-order valence-electron chi connectivity index (χ3n) is 3.27. The molecular weight excluding hydrogens is 425 g/mol. The molecule has 0 aliphatic carbocycles. The van der Waals surface area contributed by atoms with Crippen molar-refractivity contribution in [3.8, 4) is 0 Å². The second-order valence-electron chi connectivity index (χ2n) is 5.36. The second kappa shape index (κ2) is 9.24. The van der Waals surface area contributed by atoms with Crippen LogP contribution >= 0.6 is 35.3 Å². The normalized spacial score (nSPS) is 14.0. The lowest BCUT2D eigenvalue weighted by Gasteiger charge is -2.24. The minimum atomic E-state index is -0.926. The predicted octanol–water partition coefficient (Wildman–Crippen LogP) is 2.06. The summed E-state index contributed by atoms with van der Waals surface area (Å²) >= 11 is 1.58. The molecule has 8 heteroatoms. The van der Waals surface area contributed by atoms with Crippen molar-refractivity contribution >= 4 is 41.3 Å². The number of hydrogen-bond acceptors (Lipinski definition) is 4. The van der Waals surface area contributed by atoms with Gasteiger partial charge in [-0.2, -0.15) is 16.4 Å². The van der Waals surface area contributed by atoms with Gasteiger partial charge in [0, 0.05) is 25.4 Å². The highest BCUT2D eigenvalue weighted by Gasteiger charge is 2.23. The van der Waals surface area contributed by atoms with Crippen molar-refractivity contribution in [2.45, 2.75) is 26.0 Å². The Morgan fingerprint density at radius 1 is 1.48 bits per heavy atom. The summed E-state index contributed by atoms with van der Waals surface area (Å²) in [6, 6.07) is 1.94. The monoisotopic (exact) mass is 449 g/mol. The summed E-state index contributed by atoms with van der Waals surface area (Å²) in [6.45, 7) is 5.51. The van der Waals surface area contributed by atoms with Crippen molar-refractivity contribution in [2.75, 3.05) is 13.1 Å². The molecule has 0 saturated carbocycles. The van der Waals surface area contributed by atoms with Gasteiger partial charge in [0.2, 0.25) is 0 Å². The maximum absolute atomic E-state index is 10.5. The summed E-state index contributed by atoms with van der Waals surface area (Å²) < 4.78 is 1.76. The number of nitrogens with zero attached hydrogens (tertiary/aromatic N) is 3. The van der Waals surface area contributed by atoms with Crippen LogP contribution in [0.1, 0.15) is 25.0 Å². The first-order valence-corrected chi connectivity index (χ1v) is 8.20. The standard InChI is InChI=1S/C15H23N5OS.HI/c1-4-16-14(17-7-12-8-19-20(3)9-12)18-11-15(2,21)13-5-6-22-10-13;/h5-6,8-10,21H,4,7,11H2,1-3H3,(H2,16,17,18);1H. The number of nitrogens with one attached hydrogen (secondary N) is 2. The summed E-state index contributed by atoms with van der Waals surface area (Å²) in [5.41, 5.74) is 1.03. The van der Waals surface area contributed by atoms with Gasteiger partial charge in [-0.1, -0.05) is 0 Å². The van der Waals surface area contributed by atoms with E-state index in [1.807, 2.05) is 37.0 Å². The molecule has 0 amide bonds. The lowest BCUT2D eigenvalue weighted by atomic mass is 9.99. The Kier molecular flexibility index (Phi) is 8.00. The number of aromatic nitrogens is 2. The average molecular weight is 449 g/mol. The highest BCUT2D eigenvalue weighted by molar-refractivity contribution is 14.0. The number of guanidine groups is 1. The van der Waals surface area contributed by atoms with Crippen LogP contribution in [0.4, 0.5) is 0 Å². The maximum Gasteiger partial charge on any atom is 0.191 e. The third-order valence-corrected chi connectivity index (χ3v) is 3.95. The molecular formula is C15H24IN5OS. The van der Waals surface area contributed by atoms with E-state index in [-0.39, 0.29) is 24.0 Å². The first-order valence-electron chi connectivity index (χ1n) is 7.26. The van der Waals surface area contributed by atoms with Crippen LogP contribution in [-0.4, -0.2) is 33.9 Å². The number of aryl methyl sites for hydroxylation is 1. The van der Waals surface area contributed by atoms with Gasteiger partial charge in [0.25, 0.3) is 0 Å². The van der Waals surface area contributed by atoms with Gasteiger partial charge in [0.15, 0.2) is 5.96 Å². The first-order chi connectivity index (χ1) is 10.5. The molecule has 2 aromatic heterocycles. The smallest absolute Gasteiger partial charge is 0.191 e. The fraction of sp³-hybridized carbons (Fsp3) is 0.467. The molecule has 0 bridgehead atoms. The lowest BCUT2D eigenvalue weighted by Crippen LogP contribution is -2.44. The largest absolute Gasteiger partial charge is 0.384 e. The van der Waals surface area contributed by atoms with Crippen LogP contribution in [0, 0.1) is 0 Å². The summed E-state index contributed by atoms with van der Waals surface area (Å²) in [6.07, 6.45) is 3.74. The predicted molar refractivity (Wildman–Crippen MR) is 105 cm³/mol. The molecule has 0 saturated heterocycles. The quantitative estimate of drug-likeness (QED) is 0.359. The maximum atomic E-state index is 10.5. The Bertz CT molecular complexity index is 609. The molecule has 2 heterocycles. The van der Waals surface area contributed by atoms with Gasteiger partial charge in [-0.05, 0) is 36.2 Å². The molecule has 6 nitrogen and oxygen atoms in total. The van der Waals surface area contributed by atoms with E-state index in [1.165, 1.54) is 0 Å². The third kappa shape index (κ3) is 6.11. The van der Waals surface area contributed by atoms with Gasteiger partial charge >= 0.3 is 0 Å². The van der Waals surface area contributed by atoms with Gasteiger partial charge < -0.3 is 15.7 Å². The molecule has 0 aliphatic heterocycles. The van der Waals surface area contributed by atoms with E-state index >= 15 is 0 Å². The van der Waals surface area contributed by atoms with Crippen molar-refractivity contribution in [3.05, 3.63) is 40.3 Å². The molecule has 0 fully saturated rings. The van der Waals surface area contributed by atoms with Crippen LogP contribution in [0.25, 0.3) is 0 Å².